The van der Waals surface area contributed by atoms with Gasteiger partial charge in [-0.1, -0.05) is 52.7 Å². The number of amides is 1. The molecule has 1 N–H and O–H groups in total. The number of piperidine rings is 1. The second kappa shape index (κ2) is 8.98. The second-order valence-corrected chi connectivity index (χ2v) is 8.31. The van der Waals surface area contributed by atoms with Crippen LogP contribution in [0.4, 0.5) is 5.69 Å². The highest BCUT2D eigenvalue weighted by Crippen LogP contribution is 2.24. The van der Waals surface area contributed by atoms with Crippen molar-refractivity contribution in [3.8, 4) is 11.4 Å². The molecule has 0 radical (unpaired) electrons. The van der Waals surface area contributed by atoms with Gasteiger partial charge < -0.3 is 9.84 Å². The molecular formula is C23H25ClN4O2. The summed E-state index contributed by atoms with van der Waals surface area (Å²) in [6.07, 6.45) is 1.59. The van der Waals surface area contributed by atoms with E-state index >= 15 is 0 Å². The van der Waals surface area contributed by atoms with Crippen LogP contribution in [0, 0.1) is 19.8 Å². The first-order chi connectivity index (χ1) is 14.5. The van der Waals surface area contributed by atoms with Crippen LogP contribution in [0.25, 0.3) is 11.4 Å². The van der Waals surface area contributed by atoms with Crippen molar-refractivity contribution in [2.45, 2.75) is 33.2 Å². The van der Waals surface area contributed by atoms with E-state index in [0.29, 0.717) is 23.3 Å². The number of carbonyl (C=O) groups excluding carboxylic acids is 1. The van der Waals surface area contributed by atoms with Crippen LogP contribution in [0.5, 0.6) is 0 Å². The highest BCUT2D eigenvalue weighted by Gasteiger charge is 2.26. The first kappa shape index (κ1) is 20.6. The van der Waals surface area contributed by atoms with Crippen LogP contribution in [0.2, 0.25) is 5.02 Å². The fourth-order valence-corrected chi connectivity index (χ4v) is 3.82. The molecule has 1 fully saturated rings. The quantitative estimate of drug-likeness (QED) is 0.633. The van der Waals surface area contributed by atoms with Crippen molar-refractivity contribution < 1.29 is 9.32 Å². The summed E-state index contributed by atoms with van der Waals surface area (Å²) < 4.78 is 5.44. The second-order valence-electron chi connectivity index (χ2n) is 7.88. The molecule has 30 heavy (non-hydrogen) atoms. The maximum atomic E-state index is 12.7. The predicted octanol–water partition coefficient (Wildman–Crippen LogP) is 4.86. The van der Waals surface area contributed by atoms with E-state index < -0.39 is 0 Å². The minimum absolute atomic E-state index is 0.00886. The molecule has 2 aromatic carbocycles. The number of rotatable bonds is 5. The summed E-state index contributed by atoms with van der Waals surface area (Å²) in [4.78, 5) is 19.4. The van der Waals surface area contributed by atoms with E-state index in [1.165, 1.54) is 5.56 Å². The average Bonchev–Trinajstić information content (AvgIpc) is 3.20. The van der Waals surface area contributed by atoms with E-state index in [4.69, 9.17) is 16.1 Å². The molecule has 6 nitrogen and oxygen atoms in total. The first-order valence-corrected chi connectivity index (χ1v) is 10.5. The summed E-state index contributed by atoms with van der Waals surface area (Å²) in [5, 5.41) is 7.75. The smallest absolute Gasteiger partial charge is 0.241 e. The van der Waals surface area contributed by atoms with Gasteiger partial charge in [0.15, 0.2) is 0 Å². The summed E-state index contributed by atoms with van der Waals surface area (Å²) in [6.45, 7) is 6.24. The Balaban J connectivity index is 1.30. The normalized spacial score (nSPS) is 15.3. The number of hydrogen-bond donors (Lipinski definition) is 1. The third-order valence-electron chi connectivity index (χ3n) is 5.55. The summed E-state index contributed by atoms with van der Waals surface area (Å²) in [7, 11) is 0. The molecule has 1 aromatic heterocycles. The molecule has 0 saturated carbocycles. The number of benzene rings is 2. The number of halogens is 1. The van der Waals surface area contributed by atoms with Crippen molar-refractivity contribution in [3.05, 3.63) is 64.5 Å². The Hall–Kier alpha value is -2.70. The van der Waals surface area contributed by atoms with Crippen molar-refractivity contribution in [2.75, 3.05) is 18.4 Å². The zero-order chi connectivity index (χ0) is 21.1. The van der Waals surface area contributed by atoms with Gasteiger partial charge in [-0.25, -0.2) is 0 Å². The van der Waals surface area contributed by atoms with E-state index in [9.17, 15) is 4.79 Å². The molecule has 1 aliphatic rings. The lowest BCUT2D eigenvalue weighted by Gasteiger charge is -2.30. The van der Waals surface area contributed by atoms with Gasteiger partial charge in [-0.2, -0.15) is 4.98 Å². The Labute approximate surface area is 181 Å². The largest absolute Gasteiger partial charge is 0.338 e. The van der Waals surface area contributed by atoms with Gasteiger partial charge in [-0.3, -0.25) is 9.69 Å². The van der Waals surface area contributed by atoms with E-state index in [-0.39, 0.29) is 11.8 Å². The monoisotopic (exact) mass is 424 g/mol. The van der Waals surface area contributed by atoms with Gasteiger partial charge in [0.25, 0.3) is 0 Å². The molecule has 0 bridgehead atoms. The van der Waals surface area contributed by atoms with Crippen molar-refractivity contribution in [1.82, 2.24) is 15.0 Å². The Kier molecular flexibility index (Phi) is 6.16. The maximum Gasteiger partial charge on any atom is 0.241 e. The molecule has 0 atom stereocenters. The number of aryl methyl sites for hydroxylation is 2. The number of hydrogen-bond acceptors (Lipinski definition) is 5. The Morgan fingerprint density at radius 3 is 2.63 bits per heavy atom. The predicted molar refractivity (Wildman–Crippen MR) is 117 cm³/mol. The minimum atomic E-state index is -0.00886. The number of likely N-dealkylation sites (tertiary alicyclic amines) is 1. The molecule has 7 heteroatoms. The Morgan fingerprint density at radius 2 is 1.90 bits per heavy atom. The van der Waals surface area contributed by atoms with Crippen molar-refractivity contribution in [3.63, 3.8) is 0 Å². The number of nitrogens with zero attached hydrogens (tertiary/aromatic N) is 3. The number of aromatic nitrogens is 2. The number of anilines is 1. The summed E-state index contributed by atoms with van der Waals surface area (Å²) in [5.74, 6) is 1.25. The molecule has 0 aliphatic carbocycles. The first-order valence-electron chi connectivity index (χ1n) is 10.2. The SMILES string of the molecule is Cc1ccc(-c2noc(CN3CCC(C(=O)Nc4cc(Cl)ccc4C)CC3)n2)cc1. The Morgan fingerprint density at radius 1 is 1.17 bits per heavy atom. The minimum Gasteiger partial charge on any atom is -0.338 e. The zero-order valence-electron chi connectivity index (χ0n) is 17.2. The van der Waals surface area contributed by atoms with E-state index in [0.717, 1.165) is 42.7 Å². The van der Waals surface area contributed by atoms with Gasteiger partial charge in [-0.15, -0.1) is 0 Å². The molecule has 1 amide bonds. The molecule has 2 heterocycles. The van der Waals surface area contributed by atoms with E-state index in [1.54, 1.807) is 6.07 Å². The van der Waals surface area contributed by atoms with Crippen LogP contribution in [0.15, 0.2) is 47.0 Å². The van der Waals surface area contributed by atoms with E-state index in [2.05, 4.69) is 20.4 Å². The van der Waals surface area contributed by atoms with Gasteiger partial charge in [0.05, 0.1) is 6.54 Å². The summed E-state index contributed by atoms with van der Waals surface area (Å²) >= 11 is 6.05. The van der Waals surface area contributed by atoms with Gasteiger partial charge in [-0.05, 0) is 57.5 Å². The highest BCUT2D eigenvalue weighted by atomic mass is 35.5. The lowest BCUT2D eigenvalue weighted by molar-refractivity contribution is -0.121. The standard InChI is InChI=1S/C23H25ClN4O2/c1-15-3-6-17(7-4-15)22-26-21(30-27-22)14-28-11-9-18(10-12-28)23(29)25-20-13-19(24)8-5-16(20)2/h3-8,13,18H,9-12,14H2,1-2H3,(H,25,29). The van der Waals surface area contributed by atoms with Crippen LogP contribution in [-0.4, -0.2) is 34.0 Å². The molecule has 3 aromatic rings. The van der Waals surface area contributed by atoms with Crippen molar-refractivity contribution in [1.29, 1.82) is 0 Å². The number of nitrogens with one attached hydrogen (secondary N) is 1. The fraction of sp³-hybridized carbons (Fsp3) is 0.348. The van der Waals surface area contributed by atoms with Gasteiger partial charge >= 0.3 is 0 Å². The molecule has 1 aliphatic heterocycles. The van der Waals surface area contributed by atoms with Crippen LogP contribution >= 0.6 is 11.6 Å². The fourth-order valence-electron chi connectivity index (χ4n) is 3.65. The highest BCUT2D eigenvalue weighted by molar-refractivity contribution is 6.31. The molecule has 4 rings (SSSR count). The lowest BCUT2D eigenvalue weighted by Crippen LogP contribution is -2.37. The van der Waals surface area contributed by atoms with Crippen LogP contribution < -0.4 is 5.32 Å². The van der Waals surface area contributed by atoms with Gasteiger partial charge in [0.2, 0.25) is 17.6 Å². The van der Waals surface area contributed by atoms with Crippen LogP contribution in [-0.2, 0) is 11.3 Å². The molecule has 0 unspecified atom stereocenters. The van der Waals surface area contributed by atoms with E-state index in [1.807, 2.05) is 50.2 Å². The number of carbonyl (C=O) groups is 1. The Bertz CT molecular complexity index is 1020. The van der Waals surface area contributed by atoms with Crippen LogP contribution in [0.1, 0.15) is 29.9 Å². The van der Waals surface area contributed by atoms with Crippen LogP contribution in [0.3, 0.4) is 0 Å². The third kappa shape index (κ3) is 4.89. The molecule has 0 spiro atoms. The molecular weight excluding hydrogens is 400 g/mol. The molecule has 1 saturated heterocycles. The maximum absolute atomic E-state index is 12.7. The average molecular weight is 425 g/mol. The van der Waals surface area contributed by atoms with Gasteiger partial charge in [0, 0.05) is 22.2 Å². The molecule has 156 valence electrons. The lowest BCUT2D eigenvalue weighted by atomic mass is 9.95. The third-order valence-corrected chi connectivity index (χ3v) is 5.79. The van der Waals surface area contributed by atoms with Crippen molar-refractivity contribution in [2.24, 2.45) is 5.92 Å². The summed E-state index contributed by atoms with van der Waals surface area (Å²) in [6, 6.07) is 13.6. The van der Waals surface area contributed by atoms with Gasteiger partial charge in [0.1, 0.15) is 0 Å². The van der Waals surface area contributed by atoms with Crippen molar-refractivity contribution >= 4 is 23.2 Å². The zero-order valence-corrected chi connectivity index (χ0v) is 17.9. The topological polar surface area (TPSA) is 71.3 Å². The summed E-state index contributed by atoms with van der Waals surface area (Å²) in [5.41, 5.74) is 3.93.